The quantitative estimate of drug-likeness (QED) is 0.594. The van der Waals surface area contributed by atoms with Gasteiger partial charge in [-0.15, -0.1) is 0 Å². The molecular weight excluding hydrogens is 202 g/mol. The summed E-state index contributed by atoms with van der Waals surface area (Å²) < 4.78 is 1.86. The Hall–Kier alpha value is -2.17. The number of pyridine rings is 1. The van der Waals surface area contributed by atoms with Gasteiger partial charge in [0.2, 0.25) is 0 Å². The molecule has 0 aliphatic rings. The number of hydrogen-bond acceptors (Lipinski definition) is 3. The number of aromatic nitrogens is 3. The van der Waals surface area contributed by atoms with E-state index < -0.39 is 0 Å². The van der Waals surface area contributed by atoms with Gasteiger partial charge in [-0.1, -0.05) is 6.92 Å². The summed E-state index contributed by atoms with van der Waals surface area (Å²) >= 11 is 0. The molecule has 0 saturated heterocycles. The minimum Gasteiger partial charge on any atom is -0.384 e. The Morgan fingerprint density at radius 1 is 1.44 bits per heavy atom. The summed E-state index contributed by atoms with van der Waals surface area (Å²) in [5.74, 6) is 1.57. The SMILES string of the molecule is CCc1nccn1-c1ncccc1C(=N)N. The van der Waals surface area contributed by atoms with Crippen molar-refractivity contribution in [3.05, 3.63) is 42.1 Å². The number of imidazole rings is 1. The van der Waals surface area contributed by atoms with Gasteiger partial charge in [-0.2, -0.15) is 0 Å². The molecule has 0 atom stereocenters. The Bertz CT molecular complexity index is 515. The van der Waals surface area contributed by atoms with E-state index in [4.69, 9.17) is 11.1 Å². The summed E-state index contributed by atoms with van der Waals surface area (Å²) in [4.78, 5) is 8.48. The average Bonchev–Trinajstić information content (AvgIpc) is 2.76. The van der Waals surface area contributed by atoms with Crippen LogP contribution in [0.1, 0.15) is 18.3 Å². The van der Waals surface area contributed by atoms with Crippen LogP contribution in [0.25, 0.3) is 5.82 Å². The fourth-order valence-electron chi connectivity index (χ4n) is 1.59. The number of amidine groups is 1. The molecule has 0 saturated carbocycles. The molecule has 5 heteroatoms. The number of nitrogens with zero attached hydrogens (tertiary/aromatic N) is 3. The molecule has 2 aromatic rings. The number of aryl methyl sites for hydroxylation is 1. The third-order valence-corrected chi connectivity index (χ3v) is 2.34. The van der Waals surface area contributed by atoms with E-state index >= 15 is 0 Å². The van der Waals surface area contributed by atoms with Gasteiger partial charge in [0.15, 0.2) is 0 Å². The number of nitrogens with two attached hydrogens (primary N) is 1. The summed E-state index contributed by atoms with van der Waals surface area (Å²) in [6, 6.07) is 3.55. The maximum atomic E-state index is 7.51. The lowest BCUT2D eigenvalue weighted by Crippen LogP contribution is -2.16. The monoisotopic (exact) mass is 215 g/mol. The van der Waals surface area contributed by atoms with E-state index in [0.29, 0.717) is 11.4 Å². The van der Waals surface area contributed by atoms with Gasteiger partial charge < -0.3 is 5.73 Å². The lowest BCUT2D eigenvalue weighted by Gasteiger charge is -2.09. The van der Waals surface area contributed by atoms with Crippen LogP contribution in [-0.4, -0.2) is 20.4 Å². The van der Waals surface area contributed by atoms with Gasteiger partial charge >= 0.3 is 0 Å². The molecule has 82 valence electrons. The first kappa shape index (κ1) is 10.4. The van der Waals surface area contributed by atoms with Crippen LogP contribution in [0.2, 0.25) is 0 Å². The topological polar surface area (TPSA) is 80.6 Å². The van der Waals surface area contributed by atoms with Crippen LogP contribution < -0.4 is 5.73 Å². The van der Waals surface area contributed by atoms with Crippen molar-refractivity contribution in [2.24, 2.45) is 5.73 Å². The van der Waals surface area contributed by atoms with Crippen LogP contribution in [0.4, 0.5) is 0 Å². The van der Waals surface area contributed by atoms with Crippen molar-refractivity contribution in [1.82, 2.24) is 14.5 Å². The fourth-order valence-corrected chi connectivity index (χ4v) is 1.59. The number of rotatable bonds is 3. The van der Waals surface area contributed by atoms with Gasteiger partial charge in [-0.25, -0.2) is 9.97 Å². The molecule has 2 heterocycles. The maximum absolute atomic E-state index is 7.51. The standard InChI is InChI=1S/C11H13N5/c1-2-9-14-6-7-16(9)11-8(10(12)13)4-3-5-15-11/h3-7H,2H2,1H3,(H3,12,13). The second-order valence-electron chi connectivity index (χ2n) is 3.36. The molecule has 0 aliphatic carbocycles. The fraction of sp³-hybridized carbons (Fsp3) is 0.182. The summed E-state index contributed by atoms with van der Waals surface area (Å²) in [6.45, 7) is 2.02. The maximum Gasteiger partial charge on any atom is 0.149 e. The number of hydrogen-bond donors (Lipinski definition) is 2. The normalized spacial score (nSPS) is 10.3. The third-order valence-electron chi connectivity index (χ3n) is 2.34. The van der Waals surface area contributed by atoms with Gasteiger partial charge in [0.1, 0.15) is 17.5 Å². The predicted molar refractivity (Wildman–Crippen MR) is 61.8 cm³/mol. The van der Waals surface area contributed by atoms with Gasteiger partial charge in [0, 0.05) is 25.0 Å². The molecule has 16 heavy (non-hydrogen) atoms. The Morgan fingerprint density at radius 3 is 2.94 bits per heavy atom. The highest BCUT2D eigenvalue weighted by Crippen LogP contribution is 2.13. The zero-order valence-corrected chi connectivity index (χ0v) is 9.01. The lowest BCUT2D eigenvalue weighted by atomic mass is 10.2. The zero-order chi connectivity index (χ0) is 11.5. The highest BCUT2D eigenvalue weighted by atomic mass is 15.1. The molecule has 0 radical (unpaired) electrons. The van der Waals surface area contributed by atoms with Crippen LogP contribution in [-0.2, 0) is 6.42 Å². The number of nitrogen functional groups attached to an aromatic ring is 1. The van der Waals surface area contributed by atoms with Gasteiger partial charge in [0.25, 0.3) is 0 Å². The third kappa shape index (κ3) is 1.67. The van der Waals surface area contributed by atoms with Crippen molar-refractivity contribution in [2.45, 2.75) is 13.3 Å². The van der Waals surface area contributed by atoms with Crippen molar-refractivity contribution in [3.8, 4) is 5.82 Å². The van der Waals surface area contributed by atoms with E-state index in [0.717, 1.165) is 12.2 Å². The molecule has 0 amide bonds. The van der Waals surface area contributed by atoms with E-state index in [9.17, 15) is 0 Å². The number of nitrogens with one attached hydrogen (secondary N) is 1. The molecule has 5 nitrogen and oxygen atoms in total. The molecule has 0 aromatic carbocycles. The van der Waals surface area contributed by atoms with Crippen LogP contribution in [0.15, 0.2) is 30.7 Å². The largest absolute Gasteiger partial charge is 0.384 e. The lowest BCUT2D eigenvalue weighted by molar-refractivity contribution is 0.865. The first-order valence-electron chi connectivity index (χ1n) is 5.06. The molecule has 0 fully saturated rings. The van der Waals surface area contributed by atoms with Gasteiger partial charge in [-0.05, 0) is 12.1 Å². The second kappa shape index (κ2) is 4.14. The van der Waals surface area contributed by atoms with E-state index in [1.54, 1.807) is 24.5 Å². The van der Waals surface area contributed by atoms with Gasteiger partial charge in [0.05, 0.1) is 5.56 Å². The highest BCUT2D eigenvalue weighted by Gasteiger charge is 2.10. The minimum absolute atomic E-state index is 0.0128. The Labute approximate surface area is 93.5 Å². The van der Waals surface area contributed by atoms with E-state index in [-0.39, 0.29) is 5.84 Å². The van der Waals surface area contributed by atoms with Crippen LogP contribution in [0, 0.1) is 5.41 Å². The van der Waals surface area contributed by atoms with E-state index in [1.165, 1.54) is 0 Å². The molecule has 0 unspecified atom stereocenters. The first-order chi connectivity index (χ1) is 7.74. The average molecular weight is 215 g/mol. The highest BCUT2D eigenvalue weighted by molar-refractivity contribution is 5.97. The first-order valence-corrected chi connectivity index (χ1v) is 5.06. The van der Waals surface area contributed by atoms with Crippen LogP contribution in [0.5, 0.6) is 0 Å². The second-order valence-corrected chi connectivity index (χ2v) is 3.36. The van der Waals surface area contributed by atoms with Crippen LogP contribution >= 0.6 is 0 Å². The molecule has 2 rings (SSSR count). The summed E-state index contributed by atoms with van der Waals surface area (Å²) in [5, 5.41) is 7.51. The minimum atomic E-state index is 0.0128. The van der Waals surface area contributed by atoms with E-state index in [2.05, 4.69) is 9.97 Å². The van der Waals surface area contributed by atoms with E-state index in [1.807, 2.05) is 17.7 Å². The summed E-state index contributed by atoms with van der Waals surface area (Å²) in [5.41, 5.74) is 6.14. The van der Waals surface area contributed by atoms with Crippen molar-refractivity contribution < 1.29 is 0 Å². The molecular formula is C11H13N5. The summed E-state index contributed by atoms with van der Waals surface area (Å²) in [6.07, 6.45) is 6.03. The van der Waals surface area contributed by atoms with Crippen LogP contribution in [0.3, 0.4) is 0 Å². The smallest absolute Gasteiger partial charge is 0.149 e. The Kier molecular flexibility index (Phi) is 2.68. The molecule has 0 bridgehead atoms. The van der Waals surface area contributed by atoms with Gasteiger partial charge in [-0.3, -0.25) is 9.98 Å². The predicted octanol–water partition coefficient (Wildman–Crippen LogP) is 1.11. The molecule has 3 N–H and O–H groups in total. The van der Waals surface area contributed by atoms with Crippen molar-refractivity contribution in [1.29, 1.82) is 5.41 Å². The van der Waals surface area contributed by atoms with Crippen molar-refractivity contribution in [2.75, 3.05) is 0 Å². The Morgan fingerprint density at radius 2 is 2.25 bits per heavy atom. The Balaban J connectivity index is 2.60. The molecule has 0 aliphatic heterocycles. The zero-order valence-electron chi connectivity index (χ0n) is 9.01. The van der Waals surface area contributed by atoms with Crippen molar-refractivity contribution >= 4 is 5.84 Å². The molecule has 0 spiro atoms. The molecule has 2 aromatic heterocycles. The summed E-state index contributed by atoms with van der Waals surface area (Å²) in [7, 11) is 0. The van der Waals surface area contributed by atoms with Crippen molar-refractivity contribution in [3.63, 3.8) is 0 Å².